The van der Waals surface area contributed by atoms with Crippen molar-refractivity contribution in [2.24, 2.45) is 0 Å². The highest BCUT2D eigenvalue weighted by Gasteiger charge is 2.10. The Balaban J connectivity index is 2.35. The molecule has 0 saturated carbocycles. The molecule has 90 valence electrons. The second kappa shape index (κ2) is 4.80. The molecule has 0 spiro atoms. The molecule has 0 atom stereocenters. The van der Waals surface area contributed by atoms with Crippen molar-refractivity contribution in [2.75, 3.05) is 5.73 Å². The summed E-state index contributed by atoms with van der Waals surface area (Å²) in [7, 11) is 0. The predicted octanol–water partition coefficient (Wildman–Crippen LogP) is 3.29. The molecular weight excluding hydrogens is 234 g/mol. The van der Waals surface area contributed by atoms with Crippen molar-refractivity contribution >= 4 is 17.3 Å². The second-order valence-corrected chi connectivity index (χ2v) is 4.78. The molecule has 1 heterocycles. The maximum Gasteiger partial charge on any atom is 0.111 e. The predicted molar refractivity (Wildman–Crippen MR) is 71.3 cm³/mol. The van der Waals surface area contributed by atoms with E-state index in [2.05, 4.69) is 23.4 Å². The van der Waals surface area contributed by atoms with Gasteiger partial charge in [0.05, 0.1) is 6.54 Å². The first-order valence-electron chi connectivity index (χ1n) is 5.63. The van der Waals surface area contributed by atoms with Crippen molar-refractivity contribution < 1.29 is 0 Å². The Bertz CT molecular complexity index is 497. The van der Waals surface area contributed by atoms with Gasteiger partial charge in [-0.15, -0.1) is 0 Å². The number of benzene rings is 1. The Hall–Kier alpha value is -1.48. The molecule has 0 radical (unpaired) electrons. The average Bonchev–Trinajstić information content (AvgIpc) is 2.72. The van der Waals surface area contributed by atoms with Gasteiger partial charge in [0.25, 0.3) is 0 Å². The van der Waals surface area contributed by atoms with E-state index in [-0.39, 0.29) is 0 Å². The van der Waals surface area contributed by atoms with Crippen molar-refractivity contribution in [3.05, 3.63) is 47.0 Å². The van der Waals surface area contributed by atoms with E-state index in [1.54, 1.807) is 0 Å². The van der Waals surface area contributed by atoms with E-state index in [0.29, 0.717) is 17.5 Å². The van der Waals surface area contributed by atoms with Crippen LogP contribution >= 0.6 is 11.6 Å². The molecule has 0 aliphatic heterocycles. The van der Waals surface area contributed by atoms with Crippen molar-refractivity contribution in [3.63, 3.8) is 0 Å². The van der Waals surface area contributed by atoms with Gasteiger partial charge >= 0.3 is 0 Å². The van der Waals surface area contributed by atoms with Gasteiger partial charge in [-0.2, -0.15) is 0 Å². The van der Waals surface area contributed by atoms with Gasteiger partial charge in [-0.05, 0) is 12.1 Å². The van der Waals surface area contributed by atoms with Gasteiger partial charge in [0.2, 0.25) is 0 Å². The SMILES string of the molecule is CC(C)c1nccn1Cc1c(N)cccc1Cl. The molecule has 1 aromatic heterocycles. The highest BCUT2D eigenvalue weighted by Crippen LogP contribution is 2.24. The van der Waals surface area contributed by atoms with Gasteiger partial charge in [-0.1, -0.05) is 31.5 Å². The normalized spacial score (nSPS) is 11.1. The summed E-state index contributed by atoms with van der Waals surface area (Å²) < 4.78 is 2.09. The van der Waals surface area contributed by atoms with E-state index in [1.807, 2.05) is 30.6 Å². The smallest absolute Gasteiger partial charge is 0.111 e. The fourth-order valence-electron chi connectivity index (χ4n) is 1.87. The molecule has 4 heteroatoms. The van der Waals surface area contributed by atoms with Gasteiger partial charge in [0, 0.05) is 34.6 Å². The third-order valence-electron chi connectivity index (χ3n) is 2.75. The monoisotopic (exact) mass is 249 g/mol. The Morgan fingerprint density at radius 3 is 2.82 bits per heavy atom. The Morgan fingerprint density at radius 2 is 2.18 bits per heavy atom. The maximum absolute atomic E-state index is 6.16. The highest BCUT2D eigenvalue weighted by atomic mass is 35.5. The molecule has 0 fully saturated rings. The van der Waals surface area contributed by atoms with E-state index >= 15 is 0 Å². The zero-order valence-electron chi connectivity index (χ0n) is 10.0. The average molecular weight is 250 g/mol. The van der Waals surface area contributed by atoms with Gasteiger partial charge < -0.3 is 10.3 Å². The minimum atomic E-state index is 0.383. The van der Waals surface area contributed by atoms with Gasteiger partial charge in [0.15, 0.2) is 0 Å². The van der Waals surface area contributed by atoms with Crippen LogP contribution < -0.4 is 5.73 Å². The minimum Gasteiger partial charge on any atom is -0.398 e. The number of nitrogens with two attached hydrogens (primary N) is 1. The molecule has 0 saturated heterocycles. The molecule has 1 aromatic carbocycles. The van der Waals surface area contributed by atoms with Gasteiger partial charge in [0.1, 0.15) is 5.82 Å². The van der Waals surface area contributed by atoms with Gasteiger partial charge in [-0.25, -0.2) is 4.98 Å². The van der Waals surface area contributed by atoms with Crippen LogP contribution in [0.2, 0.25) is 5.02 Å². The lowest BCUT2D eigenvalue weighted by Crippen LogP contribution is -2.08. The number of halogens is 1. The largest absolute Gasteiger partial charge is 0.398 e. The first kappa shape index (κ1) is 12.0. The van der Waals surface area contributed by atoms with E-state index in [1.165, 1.54) is 0 Å². The summed E-state index contributed by atoms with van der Waals surface area (Å²) in [4.78, 5) is 4.35. The lowest BCUT2D eigenvalue weighted by atomic mass is 10.1. The van der Waals surface area contributed by atoms with Crippen LogP contribution in [0.3, 0.4) is 0 Å². The Morgan fingerprint density at radius 1 is 1.41 bits per heavy atom. The third kappa shape index (κ3) is 2.44. The van der Waals surface area contributed by atoms with Crippen LogP contribution in [0, 0.1) is 0 Å². The molecule has 0 bridgehead atoms. The summed E-state index contributed by atoms with van der Waals surface area (Å²) in [5.41, 5.74) is 7.62. The number of imidazole rings is 1. The molecule has 0 amide bonds. The molecular formula is C13H16ClN3. The van der Waals surface area contributed by atoms with Crippen molar-refractivity contribution in [3.8, 4) is 0 Å². The third-order valence-corrected chi connectivity index (χ3v) is 3.10. The summed E-state index contributed by atoms with van der Waals surface area (Å²) >= 11 is 6.16. The van der Waals surface area contributed by atoms with Crippen LogP contribution in [0.5, 0.6) is 0 Å². The zero-order valence-corrected chi connectivity index (χ0v) is 10.8. The molecule has 0 aliphatic carbocycles. The van der Waals surface area contributed by atoms with Crippen molar-refractivity contribution in [1.29, 1.82) is 0 Å². The van der Waals surface area contributed by atoms with E-state index < -0.39 is 0 Å². The molecule has 2 aromatic rings. The lowest BCUT2D eigenvalue weighted by Gasteiger charge is -2.13. The standard InChI is InChI=1S/C13H16ClN3/c1-9(2)13-16-6-7-17(13)8-10-11(14)4-3-5-12(10)15/h3-7,9H,8,15H2,1-2H3. The number of anilines is 1. The number of nitrogens with zero attached hydrogens (tertiary/aromatic N) is 2. The number of hydrogen-bond donors (Lipinski definition) is 1. The fraction of sp³-hybridized carbons (Fsp3) is 0.308. The fourth-order valence-corrected chi connectivity index (χ4v) is 2.11. The van der Waals surface area contributed by atoms with Gasteiger partial charge in [-0.3, -0.25) is 0 Å². The Kier molecular flexibility index (Phi) is 3.38. The van der Waals surface area contributed by atoms with Crippen LogP contribution in [-0.2, 0) is 6.54 Å². The highest BCUT2D eigenvalue weighted by molar-refractivity contribution is 6.31. The quantitative estimate of drug-likeness (QED) is 0.849. The summed E-state index contributed by atoms with van der Waals surface area (Å²) in [5, 5.41) is 0.702. The first-order valence-corrected chi connectivity index (χ1v) is 6.01. The van der Waals surface area contributed by atoms with Crippen LogP contribution in [0.15, 0.2) is 30.6 Å². The molecule has 2 N–H and O–H groups in total. The van der Waals surface area contributed by atoms with E-state index in [0.717, 1.165) is 17.1 Å². The number of hydrogen-bond acceptors (Lipinski definition) is 2. The van der Waals surface area contributed by atoms with Crippen molar-refractivity contribution in [2.45, 2.75) is 26.3 Å². The van der Waals surface area contributed by atoms with Crippen LogP contribution in [-0.4, -0.2) is 9.55 Å². The molecule has 0 aliphatic rings. The van der Waals surface area contributed by atoms with Crippen molar-refractivity contribution in [1.82, 2.24) is 9.55 Å². The number of aromatic nitrogens is 2. The van der Waals surface area contributed by atoms with Crippen LogP contribution in [0.4, 0.5) is 5.69 Å². The van der Waals surface area contributed by atoms with E-state index in [4.69, 9.17) is 17.3 Å². The lowest BCUT2D eigenvalue weighted by molar-refractivity contribution is 0.670. The molecule has 2 rings (SSSR count). The number of rotatable bonds is 3. The second-order valence-electron chi connectivity index (χ2n) is 4.38. The topological polar surface area (TPSA) is 43.8 Å². The molecule has 17 heavy (non-hydrogen) atoms. The van der Waals surface area contributed by atoms with Crippen LogP contribution in [0.1, 0.15) is 31.2 Å². The summed E-state index contributed by atoms with van der Waals surface area (Å²) in [6, 6.07) is 5.59. The molecule has 0 unspecified atom stereocenters. The van der Waals surface area contributed by atoms with E-state index in [9.17, 15) is 0 Å². The maximum atomic E-state index is 6.16. The summed E-state index contributed by atoms with van der Waals surface area (Å²) in [6.45, 7) is 4.91. The van der Waals surface area contributed by atoms with Crippen LogP contribution in [0.25, 0.3) is 0 Å². The summed E-state index contributed by atoms with van der Waals surface area (Å²) in [5.74, 6) is 1.43. The minimum absolute atomic E-state index is 0.383. The summed E-state index contributed by atoms with van der Waals surface area (Å²) in [6.07, 6.45) is 3.76. The Labute approximate surface area is 106 Å². The number of nitrogen functional groups attached to an aromatic ring is 1. The zero-order chi connectivity index (χ0) is 12.4. The first-order chi connectivity index (χ1) is 8.09. The molecule has 3 nitrogen and oxygen atoms in total.